The van der Waals surface area contributed by atoms with Crippen LogP contribution in [0.4, 0.5) is 4.39 Å². The Morgan fingerprint density at radius 3 is 2.52 bits per heavy atom. The van der Waals surface area contributed by atoms with Crippen molar-refractivity contribution in [3.05, 3.63) is 102 Å². The number of aromatic nitrogens is 1. The van der Waals surface area contributed by atoms with Crippen LogP contribution >= 0.6 is 11.3 Å². The van der Waals surface area contributed by atoms with Gasteiger partial charge in [0.05, 0.1) is 29.0 Å². The van der Waals surface area contributed by atoms with Gasteiger partial charge >= 0.3 is 5.97 Å². The van der Waals surface area contributed by atoms with Crippen LogP contribution in [0.2, 0.25) is 0 Å². The fourth-order valence-electron chi connectivity index (χ4n) is 3.35. The van der Waals surface area contributed by atoms with Gasteiger partial charge in [0.15, 0.2) is 4.80 Å². The van der Waals surface area contributed by atoms with Gasteiger partial charge < -0.3 is 4.74 Å². The number of nitrogens with zero attached hydrogens (tertiary/aromatic N) is 2. The predicted molar refractivity (Wildman–Crippen MR) is 109 cm³/mol. The zero-order valence-electron chi connectivity index (χ0n) is 15.8. The number of carbonyl (C=O) groups is 1. The number of allylic oxidation sites excluding steroid dienone is 1. The van der Waals surface area contributed by atoms with Gasteiger partial charge in [0.1, 0.15) is 5.82 Å². The quantitative estimate of drug-likeness (QED) is 0.626. The van der Waals surface area contributed by atoms with E-state index in [9.17, 15) is 14.0 Å². The van der Waals surface area contributed by atoms with Crippen molar-refractivity contribution in [3.8, 4) is 0 Å². The molecule has 0 fully saturated rings. The summed E-state index contributed by atoms with van der Waals surface area (Å²) in [4.78, 5) is 30.8. The summed E-state index contributed by atoms with van der Waals surface area (Å²) in [6, 6.07) is 14.6. The molecule has 7 heteroatoms. The Kier molecular flexibility index (Phi) is 4.98. The van der Waals surface area contributed by atoms with Crippen molar-refractivity contribution < 1.29 is 13.9 Å². The highest BCUT2D eigenvalue weighted by atomic mass is 32.1. The molecule has 0 saturated carbocycles. The number of methoxy groups -OCH3 is 1. The Labute approximate surface area is 169 Å². The second-order valence-corrected chi connectivity index (χ2v) is 7.54. The monoisotopic (exact) mass is 408 g/mol. The van der Waals surface area contributed by atoms with E-state index in [1.807, 2.05) is 30.3 Å². The molecule has 1 aliphatic heterocycles. The standard InChI is InChI=1S/C22H17FN2O3S/c1-13-18(21(27)28-2)19(15-6-4-3-5-7-15)25-20(26)17(29-22(25)24-13)12-14-8-10-16(23)11-9-14/h3-12,19H,1-2H3/b17-12-/t19-/m1/s1. The first-order chi connectivity index (χ1) is 14.0. The number of fused-ring (bicyclic) bond motifs is 1. The van der Waals surface area contributed by atoms with Crippen LogP contribution in [-0.4, -0.2) is 17.6 Å². The van der Waals surface area contributed by atoms with E-state index in [4.69, 9.17) is 4.74 Å². The van der Waals surface area contributed by atoms with Crippen molar-refractivity contribution in [2.24, 2.45) is 4.99 Å². The molecular formula is C22H17FN2O3S. The maximum atomic E-state index is 13.3. The number of rotatable bonds is 3. The maximum absolute atomic E-state index is 13.3. The molecule has 1 aliphatic rings. The average Bonchev–Trinajstić information content (AvgIpc) is 3.03. The van der Waals surface area contributed by atoms with Crippen LogP contribution in [0.5, 0.6) is 0 Å². The van der Waals surface area contributed by atoms with E-state index in [0.29, 0.717) is 26.2 Å². The number of thiazole rings is 1. The number of halogens is 1. The molecule has 2 heterocycles. The fraction of sp³-hybridized carbons (Fsp3) is 0.136. The van der Waals surface area contributed by atoms with Gasteiger partial charge in [-0.3, -0.25) is 9.36 Å². The van der Waals surface area contributed by atoms with Gasteiger partial charge in [0.25, 0.3) is 5.56 Å². The summed E-state index contributed by atoms with van der Waals surface area (Å²) in [5, 5.41) is 0. The molecule has 1 atom stereocenters. The molecular weight excluding hydrogens is 391 g/mol. The van der Waals surface area contributed by atoms with Gasteiger partial charge in [-0.2, -0.15) is 0 Å². The van der Waals surface area contributed by atoms with E-state index in [0.717, 1.165) is 5.56 Å². The van der Waals surface area contributed by atoms with Crippen molar-refractivity contribution in [2.45, 2.75) is 13.0 Å². The van der Waals surface area contributed by atoms with Gasteiger partial charge in [-0.05, 0) is 36.3 Å². The Morgan fingerprint density at radius 2 is 1.86 bits per heavy atom. The summed E-state index contributed by atoms with van der Waals surface area (Å²) >= 11 is 1.23. The highest BCUT2D eigenvalue weighted by Gasteiger charge is 2.32. The van der Waals surface area contributed by atoms with Gasteiger partial charge in [0.2, 0.25) is 0 Å². The van der Waals surface area contributed by atoms with Crippen LogP contribution in [0, 0.1) is 5.82 Å². The Morgan fingerprint density at radius 1 is 1.17 bits per heavy atom. The van der Waals surface area contributed by atoms with E-state index in [1.165, 1.54) is 35.1 Å². The third-order valence-electron chi connectivity index (χ3n) is 4.71. The number of hydrogen-bond donors (Lipinski definition) is 0. The Hall–Kier alpha value is -3.32. The molecule has 0 saturated heterocycles. The minimum absolute atomic E-state index is 0.263. The number of ether oxygens (including phenoxy) is 1. The topological polar surface area (TPSA) is 60.7 Å². The van der Waals surface area contributed by atoms with Crippen LogP contribution in [0.3, 0.4) is 0 Å². The van der Waals surface area contributed by atoms with Gasteiger partial charge in [-0.25, -0.2) is 14.2 Å². The number of esters is 1. The Balaban J connectivity index is 1.97. The van der Waals surface area contributed by atoms with Gasteiger partial charge in [0, 0.05) is 0 Å². The van der Waals surface area contributed by atoms with Crippen molar-refractivity contribution in [2.75, 3.05) is 7.11 Å². The van der Waals surface area contributed by atoms with E-state index >= 15 is 0 Å². The van der Waals surface area contributed by atoms with Crippen LogP contribution < -0.4 is 14.9 Å². The zero-order valence-corrected chi connectivity index (χ0v) is 16.6. The van der Waals surface area contributed by atoms with Crippen LogP contribution in [-0.2, 0) is 9.53 Å². The molecule has 1 aromatic heterocycles. The molecule has 2 aromatic carbocycles. The average molecular weight is 408 g/mol. The molecule has 0 N–H and O–H groups in total. The van der Waals surface area contributed by atoms with Crippen molar-refractivity contribution in [1.29, 1.82) is 0 Å². The minimum Gasteiger partial charge on any atom is -0.466 e. The molecule has 0 amide bonds. The highest BCUT2D eigenvalue weighted by molar-refractivity contribution is 7.07. The lowest BCUT2D eigenvalue weighted by Crippen LogP contribution is -2.39. The molecule has 0 bridgehead atoms. The maximum Gasteiger partial charge on any atom is 0.338 e. The molecule has 0 aliphatic carbocycles. The first-order valence-electron chi connectivity index (χ1n) is 8.91. The summed E-state index contributed by atoms with van der Waals surface area (Å²) < 4.78 is 20.1. The van der Waals surface area contributed by atoms with Crippen LogP contribution in [0.15, 0.2) is 75.7 Å². The summed E-state index contributed by atoms with van der Waals surface area (Å²) in [6.45, 7) is 1.74. The van der Waals surface area contributed by atoms with E-state index < -0.39 is 12.0 Å². The van der Waals surface area contributed by atoms with Gasteiger partial charge in [-0.1, -0.05) is 53.8 Å². The van der Waals surface area contributed by atoms with E-state index in [1.54, 1.807) is 25.1 Å². The molecule has 3 aromatic rings. The molecule has 4 rings (SSSR count). The molecule has 146 valence electrons. The van der Waals surface area contributed by atoms with Gasteiger partial charge in [-0.15, -0.1) is 0 Å². The van der Waals surface area contributed by atoms with Crippen molar-refractivity contribution in [3.63, 3.8) is 0 Å². The number of benzene rings is 2. The summed E-state index contributed by atoms with van der Waals surface area (Å²) in [5.74, 6) is -0.862. The van der Waals surface area contributed by atoms with E-state index in [-0.39, 0.29) is 11.4 Å². The van der Waals surface area contributed by atoms with E-state index in [2.05, 4.69) is 4.99 Å². The third kappa shape index (κ3) is 3.45. The molecule has 29 heavy (non-hydrogen) atoms. The SMILES string of the molecule is COC(=O)C1=C(C)N=c2s/c(=C\c3ccc(F)cc3)c(=O)n2[C@@H]1c1ccccc1. The smallest absolute Gasteiger partial charge is 0.338 e. The first kappa shape index (κ1) is 19.0. The number of hydrogen-bond acceptors (Lipinski definition) is 5. The lowest BCUT2D eigenvalue weighted by atomic mass is 9.96. The molecule has 0 radical (unpaired) electrons. The molecule has 0 spiro atoms. The van der Waals surface area contributed by atoms with Crippen LogP contribution in [0.25, 0.3) is 6.08 Å². The Bertz CT molecular complexity index is 1290. The normalized spacial score (nSPS) is 16.4. The fourth-order valence-corrected chi connectivity index (χ4v) is 4.40. The van der Waals surface area contributed by atoms with Crippen molar-refractivity contribution in [1.82, 2.24) is 4.57 Å². The summed E-state index contributed by atoms with van der Waals surface area (Å²) in [6.07, 6.45) is 1.70. The lowest BCUT2D eigenvalue weighted by Gasteiger charge is -2.24. The first-order valence-corrected chi connectivity index (χ1v) is 9.72. The highest BCUT2D eigenvalue weighted by Crippen LogP contribution is 2.30. The molecule has 0 unspecified atom stereocenters. The summed E-state index contributed by atoms with van der Waals surface area (Å²) in [5.41, 5.74) is 2.08. The predicted octanol–water partition coefficient (Wildman–Crippen LogP) is 2.55. The minimum atomic E-state index is -0.629. The molecule has 5 nitrogen and oxygen atoms in total. The second kappa shape index (κ2) is 7.60. The second-order valence-electron chi connectivity index (χ2n) is 6.54. The van der Waals surface area contributed by atoms with Crippen LogP contribution in [0.1, 0.15) is 24.1 Å². The third-order valence-corrected chi connectivity index (χ3v) is 5.69. The van der Waals surface area contributed by atoms with Crippen molar-refractivity contribution >= 4 is 23.4 Å². The zero-order chi connectivity index (χ0) is 20.5. The number of carbonyl (C=O) groups excluding carboxylic acids is 1. The summed E-state index contributed by atoms with van der Waals surface area (Å²) in [7, 11) is 1.31. The lowest BCUT2D eigenvalue weighted by molar-refractivity contribution is -0.136. The largest absolute Gasteiger partial charge is 0.466 e.